The topological polar surface area (TPSA) is 55.4 Å². The third-order valence-corrected chi connectivity index (χ3v) is 4.51. The number of amides is 1. The molecule has 4 bridgehead atoms. The minimum Gasteiger partial charge on any atom is -0.444 e. The summed E-state index contributed by atoms with van der Waals surface area (Å²) in [7, 11) is 0. The number of aldehydes is 1. The number of carbonyl (C=O) groups excluding carboxylic acids is 2. The van der Waals surface area contributed by atoms with E-state index in [-0.39, 0.29) is 0 Å². The Hall–Kier alpha value is -2.62. The van der Waals surface area contributed by atoms with Gasteiger partial charge in [0, 0.05) is 11.3 Å². The Morgan fingerprint density at radius 2 is 1.58 bits per heavy atom. The van der Waals surface area contributed by atoms with Crippen LogP contribution in [0.2, 0.25) is 0 Å². The molecular weight excluding hydrogens is 326 g/mol. The second kappa shape index (κ2) is 7.32. The Balaban J connectivity index is 1.88. The fourth-order valence-electron chi connectivity index (χ4n) is 3.22. The monoisotopic (exact) mass is 351 g/mol. The van der Waals surface area contributed by atoms with E-state index in [2.05, 4.69) is 29.6 Å². The Labute approximate surface area is 154 Å². The summed E-state index contributed by atoms with van der Waals surface area (Å²) in [6.45, 7) is 5.55. The van der Waals surface area contributed by atoms with Gasteiger partial charge in [-0.25, -0.2) is 4.79 Å². The summed E-state index contributed by atoms with van der Waals surface area (Å²) in [5.74, 6) is 0. The first-order valence-electron chi connectivity index (χ1n) is 9.03. The molecule has 0 unspecified atom stereocenters. The maximum atomic E-state index is 12.2. The molecule has 2 aromatic carbocycles. The predicted octanol–water partition coefficient (Wildman–Crippen LogP) is 4.73. The van der Waals surface area contributed by atoms with E-state index in [1.165, 1.54) is 0 Å². The van der Waals surface area contributed by atoms with Gasteiger partial charge in [0.25, 0.3) is 0 Å². The smallest absolute Gasteiger partial charge is 0.412 e. The highest BCUT2D eigenvalue weighted by Crippen LogP contribution is 2.24. The molecule has 0 atom stereocenters. The molecule has 4 aliphatic carbocycles. The van der Waals surface area contributed by atoms with Crippen molar-refractivity contribution in [2.75, 3.05) is 5.32 Å². The van der Waals surface area contributed by atoms with Gasteiger partial charge in [-0.15, -0.1) is 0 Å². The van der Waals surface area contributed by atoms with E-state index in [1.807, 2.05) is 32.9 Å². The maximum Gasteiger partial charge on any atom is 0.412 e. The molecule has 4 heteroatoms. The molecule has 4 aliphatic rings. The fraction of sp³-hybridized carbons (Fsp3) is 0.364. The van der Waals surface area contributed by atoms with Crippen molar-refractivity contribution in [3.8, 4) is 0 Å². The summed E-state index contributed by atoms with van der Waals surface area (Å²) in [5.41, 5.74) is 5.44. The van der Waals surface area contributed by atoms with E-state index in [0.717, 1.165) is 65.5 Å². The van der Waals surface area contributed by atoms with E-state index >= 15 is 0 Å². The number of aryl methyl sites for hydroxylation is 4. The van der Waals surface area contributed by atoms with Crippen molar-refractivity contribution in [2.24, 2.45) is 0 Å². The molecule has 0 aromatic heterocycles. The number of rotatable bonds is 2. The summed E-state index contributed by atoms with van der Waals surface area (Å²) in [6, 6.07) is 12.3. The minimum absolute atomic E-state index is 0.436. The van der Waals surface area contributed by atoms with Crippen LogP contribution in [0.25, 0.3) is 0 Å². The molecule has 0 saturated heterocycles. The Kier molecular flexibility index (Phi) is 5.12. The molecule has 0 spiro atoms. The summed E-state index contributed by atoms with van der Waals surface area (Å²) in [6.07, 6.45) is 3.70. The van der Waals surface area contributed by atoms with E-state index in [1.54, 1.807) is 0 Å². The van der Waals surface area contributed by atoms with Gasteiger partial charge >= 0.3 is 6.09 Å². The third-order valence-electron chi connectivity index (χ3n) is 4.51. The van der Waals surface area contributed by atoms with Crippen molar-refractivity contribution in [3.63, 3.8) is 0 Å². The van der Waals surface area contributed by atoms with Crippen molar-refractivity contribution in [1.29, 1.82) is 0 Å². The lowest BCUT2D eigenvalue weighted by Gasteiger charge is -2.21. The average molecular weight is 351 g/mol. The standard InChI is InChI=1S/C22H25NO3/c1-22(2,3)26-21(25)23-20-13-16-5-9-17-8-4-15(12-19(17)14-24)6-10-18(20)11-7-16/h4,7-8,11-14H,5-6,9-10H2,1-3H3,(H,23,25). The molecule has 0 fully saturated rings. The lowest BCUT2D eigenvalue weighted by Crippen LogP contribution is -2.27. The van der Waals surface area contributed by atoms with Gasteiger partial charge in [-0.2, -0.15) is 0 Å². The van der Waals surface area contributed by atoms with Gasteiger partial charge in [-0.1, -0.05) is 24.3 Å². The Bertz CT molecular complexity index is 834. The summed E-state index contributed by atoms with van der Waals surface area (Å²) >= 11 is 0. The Morgan fingerprint density at radius 3 is 2.23 bits per heavy atom. The quantitative estimate of drug-likeness (QED) is 0.796. The predicted molar refractivity (Wildman–Crippen MR) is 103 cm³/mol. The number of ether oxygens (including phenoxy) is 1. The number of hydrogen-bond acceptors (Lipinski definition) is 3. The number of benzene rings is 2. The van der Waals surface area contributed by atoms with Gasteiger partial charge in [0.05, 0.1) is 0 Å². The highest BCUT2D eigenvalue weighted by atomic mass is 16.6. The van der Waals surface area contributed by atoms with Crippen LogP contribution in [-0.4, -0.2) is 18.0 Å². The number of carbonyl (C=O) groups is 2. The van der Waals surface area contributed by atoms with Crippen LogP contribution in [-0.2, 0) is 30.4 Å². The average Bonchev–Trinajstić information content (AvgIpc) is 2.55. The van der Waals surface area contributed by atoms with E-state index in [4.69, 9.17) is 4.74 Å². The SMILES string of the molecule is CC(C)(C)OC(=O)Nc1cc2ccc1CCc1ccc(c(C=O)c1)CC2. The van der Waals surface area contributed by atoms with Crippen molar-refractivity contribution in [2.45, 2.75) is 52.1 Å². The second-order valence-corrected chi connectivity index (χ2v) is 7.77. The summed E-state index contributed by atoms with van der Waals surface area (Å²) in [5, 5.41) is 2.91. The molecule has 0 heterocycles. The fourth-order valence-corrected chi connectivity index (χ4v) is 3.22. The zero-order valence-electron chi connectivity index (χ0n) is 15.6. The largest absolute Gasteiger partial charge is 0.444 e. The zero-order valence-corrected chi connectivity index (χ0v) is 15.6. The van der Waals surface area contributed by atoms with Crippen LogP contribution >= 0.6 is 0 Å². The lowest BCUT2D eigenvalue weighted by molar-refractivity contribution is 0.0635. The normalized spacial score (nSPS) is 13.7. The first-order chi connectivity index (χ1) is 12.3. The molecule has 4 nitrogen and oxygen atoms in total. The molecule has 136 valence electrons. The first kappa shape index (κ1) is 18.2. The van der Waals surface area contributed by atoms with Crippen LogP contribution in [0, 0.1) is 0 Å². The van der Waals surface area contributed by atoms with Gasteiger partial charge in [-0.3, -0.25) is 10.1 Å². The molecule has 6 rings (SSSR count). The highest BCUT2D eigenvalue weighted by Gasteiger charge is 2.18. The number of nitrogens with one attached hydrogen (secondary N) is 1. The molecule has 1 N–H and O–H groups in total. The van der Waals surface area contributed by atoms with Crippen LogP contribution in [0.3, 0.4) is 0 Å². The molecule has 2 aromatic rings. The van der Waals surface area contributed by atoms with Gasteiger partial charge in [0.2, 0.25) is 0 Å². The summed E-state index contributed by atoms with van der Waals surface area (Å²) < 4.78 is 5.39. The summed E-state index contributed by atoms with van der Waals surface area (Å²) in [4.78, 5) is 23.6. The van der Waals surface area contributed by atoms with Crippen LogP contribution in [0.4, 0.5) is 10.5 Å². The Morgan fingerprint density at radius 1 is 0.962 bits per heavy atom. The van der Waals surface area contributed by atoms with Gasteiger partial charge in [0.15, 0.2) is 0 Å². The third kappa shape index (κ3) is 4.51. The van der Waals surface area contributed by atoms with Crippen molar-refractivity contribution < 1.29 is 14.3 Å². The van der Waals surface area contributed by atoms with E-state index in [0.29, 0.717) is 0 Å². The molecule has 1 amide bonds. The van der Waals surface area contributed by atoms with Crippen LogP contribution in [0.5, 0.6) is 0 Å². The van der Waals surface area contributed by atoms with Crippen molar-refractivity contribution >= 4 is 18.1 Å². The molecule has 26 heavy (non-hydrogen) atoms. The van der Waals surface area contributed by atoms with Gasteiger partial charge in [-0.05, 0) is 80.8 Å². The van der Waals surface area contributed by atoms with E-state index < -0.39 is 11.7 Å². The molecule has 0 aliphatic heterocycles. The van der Waals surface area contributed by atoms with Crippen LogP contribution in [0.1, 0.15) is 53.4 Å². The van der Waals surface area contributed by atoms with Crippen LogP contribution < -0.4 is 5.32 Å². The zero-order chi connectivity index (χ0) is 18.7. The first-order valence-corrected chi connectivity index (χ1v) is 9.03. The molecule has 0 radical (unpaired) electrons. The van der Waals surface area contributed by atoms with Gasteiger partial charge < -0.3 is 4.74 Å². The number of anilines is 1. The lowest BCUT2D eigenvalue weighted by atomic mass is 9.93. The second-order valence-electron chi connectivity index (χ2n) is 7.77. The molecular formula is C22H25NO3. The van der Waals surface area contributed by atoms with Crippen molar-refractivity contribution in [3.05, 3.63) is 64.2 Å². The van der Waals surface area contributed by atoms with Crippen molar-refractivity contribution in [1.82, 2.24) is 0 Å². The van der Waals surface area contributed by atoms with Gasteiger partial charge in [0.1, 0.15) is 11.9 Å². The molecule has 0 saturated carbocycles. The number of hydrogen-bond donors (Lipinski definition) is 1. The van der Waals surface area contributed by atoms with Crippen LogP contribution in [0.15, 0.2) is 36.4 Å². The van der Waals surface area contributed by atoms with E-state index in [9.17, 15) is 9.59 Å². The minimum atomic E-state index is -0.533. The maximum absolute atomic E-state index is 12.2. The highest BCUT2D eigenvalue weighted by molar-refractivity contribution is 5.86.